The molecule has 4 rings (SSSR count). The molecule has 3 saturated heterocycles. The third kappa shape index (κ3) is 4.40. The Morgan fingerprint density at radius 3 is 2.51 bits per heavy atom. The first-order valence-electron chi connectivity index (χ1n) is 11.9. The fourth-order valence-electron chi connectivity index (χ4n) is 5.53. The van der Waals surface area contributed by atoms with E-state index in [1.54, 1.807) is 0 Å². The fraction of sp³-hybridized carbons (Fsp3) is 0.583. The number of rotatable bonds is 5. The lowest BCUT2D eigenvalue weighted by molar-refractivity contribution is -0.142. The second kappa shape index (κ2) is 9.37. The molecule has 0 aliphatic carbocycles. The fourth-order valence-corrected chi connectivity index (χ4v) is 5.53. The summed E-state index contributed by atoms with van der Waals surface area (Å²) < 4.78 is 0. The molecule has 0 spiro atoms. The van der Waals surface area contributed by atoms with E-state index in [0.717, 1.165) is 10.5 Å². The van der Waals surface area contributed by atoms with Gasteiger partial charge in [-0.1, -0.05) is 51.1 Å². The van der Waals surface area contributed by atoms with E-state index < -0.39 is 34.9 Å². The topological polar surface area (TPSA) is 132 Å². The lowest BCUT2D eigenvalue weighted by Crippen LogP contribution is -2.66. The number of benzene rings is 1. The summed E-state index contributed by atoms with van der Waals surface area (Å²) >= 11 is 0. The van der Waals surface area contributed by atoms with Crippen LogP contribution in [0.15, 0.2) is 30.3 Å². The minimum Gasteiger partial charge on any atom is -0.465 e. The lowest BCUT2D eigenvalue weighted by atomic mass is 9.71. The molecule has 3 aliphatic rings. The second-order valence-corrected chi connectivity index (χ2v) is 10.4. The van der Waals surface area contributed by atoms with Crippen LogP contribution in [0.5, 0.6) is 0 Å². The number of urea groups is 1. The van der Waals surface area contributed by atoms with E-state index in [2.05, 4.69) is 10.9 Å². The van der Waals surface area contributed by atoms with Crippen LogP contribution in [0.1, 0.15) is 52.0 Å². The van der Waals surface area contributed by atoms with Crippen molar-refractivity contribution in [3.63, 3.8) is 0 Å². The summed E-state index contributed by atoms with van der Waals surface area (Å²) in [5.74, 6) is -1.09. The Kier molecular flexibility index (Phi) is 6.63. The van der Waals surface area contributed by atoms with Crippen LogP contribution in [0.25, 0.3) is 0 Å². The Hall–Kier alpha value is -3.34. The number of hydrazine groups is 1. The van der Waals surface area contributed by atoms with Crippen LogP contribution < -0.4 is 10.9 Å². The molecule has 5 amide bonds. The number of hydrogen-bond acceptors (Lipinski definition) is 5. The largest absolute Gasteiger partial charge is 0.465 e. The summed E-state index contributed by atoms with van der Waals surface area (Å²) in [6.07, 6.45) is 0.747. The van der Waals surface area contributed by atoms with E-state index in [1.807, 2.05) is 51.1 Å². The van der Waals surface area contributed by atoms with E-state index in [1.165, 1.54) is 9.96 Å². The first kappa shape index (κ1) is 24.8. The molecular formula is C24H33N5O6. The number of likely N-dealkylation sites (tertiary alicyclic amines) is 1. The highest BCUT2D eigenvalue weighted by Crippen LogP contribution is 2.44. The molecule has 0 radical (unpaired) electrons. The quantitative estimate of drug-likeness (QED) is 0.545. The van der Waals surface area contributed by atoms with E-state index in [0.29, 0.717) is 32.2 Å². The summed E-state index contributed by atoms with van der Waals surface area (Å²) in [5, 5.41) is 11.0. The minimum absolute atomic E-state index is 0.142. The van der Waals surface area contributed by atoms with Crippen LogP contribution in [0.3, 0.4) is 0 Å². The molecule has 190 valence electrons. The zero-order chi connectivity index (χ0) is 25.4. The van der Waals surface area contributed by atoms with Crippen molar-refractivity contribution in [3.05, 3.63) is 35.9 Å². The zero-order valence-electron chi connectivity index (χ0n) is 20.3. The molecule has 35 heavy (non-hydrogen) atoms. The molecule has 3 fully saturated rings. The summed E-state index contributed by atoms with van der Waals surface area (Å²) in [7, 11) is 0. The Bertz CT molecular complexity index is 996. The summed E-state index contributed by atoms with van der Waals surface area (Å²) in [6, 6.07) is 8.23. The molecule has 2 bridgehead atoms. The van der Waals surface area contributed by atoms with Crippen LogP contribution in [-0.2, 0) is 21.0 Å². The van der Waals surface area contributed by atoms with Crippen molar-refractivity contribution >= 4 is 23.9 Å². The number of hydroxylamine groups is 2. The van der Waals surface area contributed by atoms with Crippen molar-refractivity contribution in [3.8, 4) is 0 Å². The van der Waals surface area contributed by atoms with E-state index in [4.69, 9.17) is 4.84 Å². The monoisotopic (exact) mass is 487 g/mol. The summed E-state index contributed by atoms with van der Waals surface area (Å²) in [5.41, 5.74) is 3.83. The van der Waals surface area contributed by atoms with E-state index in [-0.39, 0.29) is 25.2 Å². The maximum absolute atomic E-state index is 13.3. The Labute approximate surface area is 204 Å². The molecule has 3 heterocycles. The highest BCUT2D eigenvalue weighted by Gasteiger charge is 2.57. The summed E-state index contributed by atoms with van der Waals surface area (Å²) in [4.78, 5) is 59.5. The maximum atomic E-state index is 13.3. The van der Waals surface area contributed by atoms with Gasteiger partial charge in [0.05, 0.1) is 6.04 Å². The van der Waals surface area contributed by atoms with Gasteiger partial charge in [0, 0.05) is 13.1 Å². The Balaban J connectivity index is 1.38. The van der Waals surface area contributed by atoms with Crippen LogP contribution in [0, 0.1) is 5.41 Å². The average molecular weight is 488 g/mol. The number of carboxylic acid groups (broad SMARTS) is 1. The molecular weight excluding hydrogens is 454 g/mol. The van der Waals surface area contributed by atoms with E-state index >= 15 is 0 Å². The van der Waals surface area contributed by atoms with Crippen molar-refractivity contribution < 1.29 is 29.1 Å². The van der Waals surface area contributed by atoms with Gasteiger partial charge in [0.25, 0.3) is 11.8 Å². The first-order chi connectivity index (χ1) is 16.6. The predicted octanol–water partition coefficient (Wildman–Crippen LogP) is 2.09. The molecule has 0 unspecified atom stereocenters. The molecule has 0 saturated carbocycles. The number of nitrogens with zero attached hydrogens (tertiary/aromatic N) is 3. The SMILES string of the molecule is CC(C)(C)[C@]1(C(=O)NNC(=O)[C@@H]2CC[C@@H]3CN2C(=O)N3OCc2ccccc2)CCCN1C(=O)O. The Morgan fingerprint density at radius 1 is 1.14 bits per heavy atom. The van der Waals surface area contributed by atoms with E-state index in [9.17, 15) is 24.3 Å². The third-order valence-corrected chi connectivity index (χ3v) is 7.37. The van der Waals surface area contributed by atoms with Gasteiger partial charge in [-0.2, -0.15) is 5.06 Å². The third-order valence-electron chi connectivity index (χ3n) is 7.37. The number of amides is 5. The van der Waals surface area contributed by atoms with Crippen molar-refractivity contribution in [1.29, 1.82) is 0 Å². The van der Waals surface area contributed by atoms with Gasteiger partial charge in [-0.3, -0.25) is 30.2 Å². The molecule has 3 N–H and O–H groups in total. The van der Waals surface area contributed by atoms with Gasteiger partial charge < -0.3 is 10.0 Å². The smallest absolute Gasteiger partial charge is 0.408 e. The number of carbonyl (C=O) groups excluding carboxylic acids is 3. The number of carbonyl (C=O) groups is 4. The van der Waals surface area contributed by atoms with Crippen molar-refractivity contribution in [2.75, 3.05) is 13.1 Å². The van der Waals surface area contributed by atoms with Crippen LogP contribution in [0.2, 0.25) is 0 Å². The number of hydrogen-bond donors (Lipinski definition) is 3. The molecule has 1 aromatic rings. The van der Waals surface area contributed by atoms with Gasteiger partial charge in [0.2, 0.25) is 0 Å². The average Bonchev–Trinajstić information content (AvgIpc) is 3.38. The lowest BCUT2D eigenvalue weighted by Gasteiger charge is -2.45. The minimum atomic E-state index is -1.31. The number of nitrogens with one attached hydrogen (secondary N) is 2. The predicted molar refractivity (Wildman–Crippen MR) is 124 cm³/mol. The van der Waals surface area contributed by atoms with Gasteiger partial charge in [-0.05, 0) is 36.7 Å². The number of piperidine rings is 1. The zero-order valence-corrected chi connectivity index (χ0v) is 20.3. The van der Waals surface area contributed by atoms with Gasteiger partial charge in [-0.25, -0.2) is 9.59 Å². The molecule has 3 aliphatic heterocycles. The highest BCUT2D eigenvalue weighted by molar-refractivity contribution is 5.94. The van der Waals surface area contributed by atoms with Gasteiger partial charge in [-0.15, -0.1) is 0 Å². The molecule has 0 aromatic heterocycles. The van der Waals surface area contributed by atoms with Crippen molar-refractivity contribution in [1.82, 2.24) is 25.7 Å². The van der Waals surface area contributed by atoms with Crippen LogP contribution in [0.4, 0.5) is 9.59 Å². The van der Waals surface area contributed by atoms with Gasteiger partial charge >= 0.3 is 12.1 Å². The highest BCUT2D eigenvalue weighted by atomic mass is 16.7. The number of fused-ring (bicyclic) bond motifs is 2. The normalized spacial score (nSPS) is 26.1. The van der Waals surface area contributed by atoms with Crippen LogP contribution in [-0.4, -0.2) is 74.6 Å². The molecule has 11 heteroatoms. The van der Waals surface area contributed by atoms with Crippen molar-refractivity contribution in [2.24, 2.45) is 5.41 Å². The maximum Gasteiger partial charge on any atom is 0.408 e. The second-order valence-electron chi connectivity index (χ2n) is 10.4. The summed E-state index contributed by atoms with van der Waals surface area (Å²) in [6.45, 7) is 6.29. The Morgan fingerprint density at radius 2 is 1.86 bits per heavy atom. The molecule has 11 nitrogen and oxygen atoms in total. The van der Waals surface area contributed by atoms with Crippen molar-refractivity contribution in [2.45, 2.75) is 70.7 Å². The van der Waals surface area contributed by atoms with Gasteiger partial charge in [0.15, 0.2) is 0 Å². The standard InChI is InChI=1S/C24H33N5O6/c1-23(2,3)24(12-7-13-28(24)22(33)34)20(31)26-25-19(30)18-11-10-17-14-27(18)21(32)29(17)35-15-16-8-5-4-6-9-16/h4-6,8-9,17-18H,7,10-15H2,1-3H3,(H,25,30)(H,26,31)(H,33,34)/t17-,18+,24-/m1/s1. The molecule has 1 aromatic carbocycles. The van der Waals surface area contributed by atoms with Gasteiger partial charge in [0.1, 0.15) is 18.2 Å². The van der Waals surface area contributed by atoms with Crippen LogP contribution >= 0.6 is 0 Å². The first-order valence-corrected chi connectivity index (χ1v) is 11.9. The molecule has 3 atom stereocenters.